The molecule has 0 aliphatic heterocycles. The molecule has 1 fully saturated rings. The van der Waals surface area contributed by atoms with Crippen molar-refractivity contribution < 1.29 is 14.6 Å². The molecule has 3 N–H and O–H groups in total. The lowest BCUT2D eigenvalue weighted by Gasteiger charge is -2.11. The van der Waals surface area contributed by atoms with Crippen LogP contribution < -0.4 is 5.73 Å². The molecule has 2 rings (SSSR count). The number of aliphatic hydroxyl groups excluding tert-OH is 1. The molecule has 7 nitrogen and oxygen atoms in total. The third-order valence-corrected chi connectivity index (χ3v) is 4.06. The highest BCUT2D eigenvalue weighted by Crippen LogP contribution is 2.38. The summed E-state index contributed by atoms with van der Waals surface area (Å²) in [6.07, 6.45) is 1.78. The molecule has 1 heterocycles. The van der Waals surface area contributed by atoms with Gasteiger partial charge in [-0.2, -0.15) is 0 Å². The lowest BCUT2D eigenvalue weighted by Crippen LogP contribution is -2.20. The molecule has 0 bridgehead atoms. The number of ether oxygens (including phenoxy) is 2. The average molecular weight is 302 g/mol. The van der Waals surface area contributed by atoms with Crippen LogP contribution >= 0.6 is 11.8 Å². The Morgan fingerprint density at radius 2 is 2.25 bits per heavy atom. The topological polar surface area (TPSA) is 95.4 Å². The Labute approximate surface area is 122 Å². The average Bonchev–Trinajstić information content (AvgIpc) is 3.21. The molecule has 1 atom stereocenters. The summed E-state index contributed by atoms with van der Waals surface area (Å²) in [6, 6.07) is 0.487. The van der Waals surface area contributed by atoms with Gasteiger partial charge in [0.1, 0.15) is 5.82 Å². The Morgan fingerprint density at radius 3 is 2.90 bits per heavy atom. The molecule has 1 aliphatic carbocycles. The van der Waals surface area contributed by atoms with Crippen molar-refractivity contribution in [2.75, 3.05) is 32.7 Å². The van der Waals surface area contributed by atoms with E-state index in [2.05, 4.69) is 14.8 Å². The van der Waals surface area contributed by atoms with Crippen molar-refractivity contribution in [2.24, 2.45) is 5.73 Å². The maximum atomic E-state index is 9.85. The first kappa shape index (κ1) is 15.7. The normalized spacial score (nSPS) is 16.6. The van der Waals surface area contributed by atoms with Gasteiger partial charge in [0.2, 0.25) is 0 Å². The van der Waals surface area contributed by atoms with Crippen LogP contribution in [0.15, 0.2) is 5.16 Å². The molecule has 1 saturated carbocycles. The second kappa shape index (κ2) is 7.94. The van der Waals surface area contributed by atoms with Crippen LogP contribution in [0.2, 0.25) is 0 Å². The zero-order valence-electron chi connectivity index (χ0n) is 11.7. The van der Waals surface area contributed by atoms with Gasteiger partial charge in [-0.3, -0.25) is 0 Å². The van der Waals surface area contributed by atoms with Crippen LogP contribution in [0, 0.1) is 0 Å². The molecular formula is C12H22N4O3S. The van der Waals surface area contributed by atoms with Crippen LogP contribution in [-0.2, 0) is 16.0 Å². The van der Waals surface area contributed by atoms with Gasteiger partial charge in [0.25, 0.3) is 0 Å². The summed E-state index contributed by atoms with van der Waals surface area (Å²) < 4.78 is 12.3. The second-order valence-electron chi connectivity index (χ2n) is 4.74. The quantitative estimate of drug-likeness (QED) is 0.470. The predicted octanol–water partition coefficient (Wildman–Crippen LogP) is 0.188. The largest absolute Gasteiger partial charge is 0.390 e. The molecule has 1 aromatic rings. The van der Waals surface area contributed by atoms with E-state index < -0.39 is 6.10 Å². The van der Waals surface area contributed by atoms with E-state index in [0.717, 1.165) is 23.8 Å². The Kier molecular flexibility index (Phi) is 6.24. The molecule has 8 heteroatoms. The van der Waals surface area contributed by atoms with Crippen molar-refractivity contribution in [3.05, 3.63) is 5.82 Å². The van der Waals surface area contributed by atoms with Crippen LogP contribution in [0.4, 0.5) is 0 Å². The minimum absolute atomic E-state index is 0.303. The van der Waals surface area contributed by atoms with Gasteiger partial charge in [-0.1, -0.05) is 11.8 Å². The van der Waals surface area contributed by atoms with Gasteiger partial charge < -0.3 is 24.9 Å². The Hall–Kier alpha value is -0.670. The van der Waals surface area contributed by atoms with Crippen molar-refractivity contribution in [3.63, 3.8) is 0 Å². The molecule has 20 heavy (non-hydrogen) atoms. The molecule has 0 radical (unpaired) electrons. The van der Waals surface area contributed by atoms with Crippen LogP contribution in [0.25, 0.3) is 0 Å². The van der Waals surface area contributed by atoms with Crippen molar-refractivity contribution in [3.8, 4) is 0 Å². The molecule has 1 aliphatic rings. The summed E-state index contributed by atoms with van der Waals surface area (Å²) >= 11 is 1.50. The third-order valence-electron chi connectivity index (χ3n) is 2.98. The van der Waals surface area contributed by atoms with E-state index >= 15 is 0 Å². The lowest BCUT2D eigenvalue weighted by molar-refractivity contribution is 0.0218. The fourth-order valence-electron chi connectivity index (χ4n) is 1.82. The third kappa shape index (κ3) is 4.42. The van der Waals surface area contributed by atoms with Gasteiger partial charge in [0.15, 0.2) is 5.16 Å². The maximum Gasteiger partial charge on any atom is 0.191 e. The zero-order chi connectivity index (χ0) is 14.4. The van der Waals surface area contributed by atoms with Gasteiger partial charge >= 0.3 is 0 Å². The van der Waals surface area contributed by atoms with E-state index in [9.17, 15) is 5.11 Å². The van der Waals surface area contributed by atoms with Gasteiger partial charge in [0, 0.05) is 18.9 Å². The lowest BCUT2D eigenvalue weighted by atomic mass is 10.4. The van der Waals surface area contributed by atoms with Crippen molar-refractivity contribution in [1.29, 1.82) is 0 Å². The predicted molar refractivity (Wildman–Crippen MR) is 75.6 cm³/mol. The summed E-state index contributed by atoms with van der Waals surface area (Å²) in [5.41, 5.74) is 5.67. The van der Waals surface area contributed by atoms with Crippen molar-refractivity contribution in [1.82, 2.24) is 14.8 Å². The summed E-state index contributed by atoms with van der Waals surface area (Å²) in [4.78, 5) is 0. The highest BCUT2D eigenvalue weighted by atomic mass is 32.2. The van der Waals surface area contributed by atoms with E-state index in [-0.39, 0.29) is 0 Å². The number of thioether (sulfide) groups is 1. The fraction of sp³-hybridized carbons (Fsp3) is 0.833. The number of nitrogens with two attached hydrogens (primary N) is 1. The summed E-state index contributed by atoms with van der Waals surface area (Å²) in [5.74, 6) is 1.35. The van der Waals surface area contributed by atoms with Crippen LogP contribution in [0.3, 0.4) is 0 Å². The standard InChI is InChI=1S/C12H22N4O3S/c1-18-4-5-19-7-10(17)8-20-12-15-14-11(6-13)16(12)9-2-3-9/h9-10,17H,2-8,13H2,1H3. The van der Waals surface area contributed by atoms with E-state index in [1.54, 1.807) is 7.11 Å². The minimum Gasteiger partial charge on any atom is -0.390 e. The number of aromatic nitrogens is 3. The highest BCUT2D eigenvalue weighted by Gasteiger charge is 2.29. The molecule has 0 aromatic carbocycles. The van der Waals surface area contributed by atoms with Gasteiger partial charge in [-0.05, 0) is 12.8 Å². The van der Waals surface area contributed by atoms with Gasteiger partial charge in [0.05, 0.1) is 32.5 Å². The number of hydrogen-bond donors (Lipinski definition) is 2. The fourth-order valence-corrected chi connectivity index (χ4v) is 2.75. The number of hydrogen-bond acceptors (Lipinski definition) is 7. The molecule has 0 saturated heterocycles. The molecule has 1 unspecified atom stereocenters. The first-order valence-corrected chi connectivity index (χ1v) is 7.76. The number of aliphatic hydroxyl groups is 1. The Balaban J connectivity index is 1.77. The first-order valence-electron chi connectivity index (χ1n) is 6.77. The van der Waals surface area contributed by atoms with Crippen LogP contribution in [0.5, 0.6) is 0 Å². The van der Waals surface area contributed by atoms with Gasteiger partial charge in [-0.15, -0.1) is 10.2 Å². The smallest absolute Gasteiger partial charge is 0.191 e. The van der Waals surface area contributed by atoms with E-state index in [4.69, 9.17) is 15.2 Å². The molecule has 0 spiro atoms. The van der Waals surface area contributed by atoms with E-state index in [0.29, 0.717) is 38.2 Å². The Morgan fingerprint density at radius 1 is 1.45 bits per heavy atom. The molecular weight excluding hydrogens is 280 g/mol. The number of nitrogens with zero attached hydrogens (tertiary/aromatic N) is 3. The van der Waals surface area contributed by atoms with Crippen LogP contribution in [-0.4, -0.2) is 58.7 Å². The maximum absolute atomic E-state index is 9.85. The molecule has 0 amide bonds. The van der Waals surface area contributed by atoms with E-state index in [1.807, 2.05) is 0 Å². The number of rotatable bonds is 10. The SMILES string of the molecule is COCCOCC(O)CSc1nnc(CN)n1C1CC1. The molecule has 1 aromatic heterocycles. The summed E-state index contributed by atoms with van der Waals surface area (Å²) in [7, 11) is 1.62. The summed E-state index contributed by atoms with van der Waals surface area (Å²) in [5, 5.41) is 18.9. The van der Waals surface area contributed by atoms with Crippen LogP contribution in [0.1, 0.15) is 24.7 Å². The van der Waals surface area contributed by atoms with Crippen molar-refractivity contribution in [2.45, 2.75) is 36.7 Å². The zero-order valence-corrected chi connectivity index (χ0v) is 12.5. The first-order chi connectivity index (χ1) is 9.76. The second-order valence-corrected chi connectivity index (χ2v) is 5.72. The number of methoxy groups -OCH3 is 1. The monoisotopic (exact) mass is 302 g/mol. The van der Waals surface area contributed by atoms with Crippen molar-refractivity contribution >= 4 is 11.8 Å². The van der Waals surface area contributed by atoms with Gasteiger partial charge in [-0.25, -0.2) is 0 Å². The highest BCUT2D eigenvalue weighted by molar-refractivity contribution is 7.99. The van der Waals surface area contributed by atoms with E-state index in [1.165, 1.54) is 11.8 Å². The Bertz CT molecular complexity index is 411. The minimum atomic E-state index is -0.525. The summed E-state index contributed by atoms with van der Waals surface area (Å²) in [6.45, 7) is 1.73. The molecule has 114 valence electrons.